The molecule has 2 aromatic carbocycles. The van der Waals surface area contributed by atoms with Crippen LogP contribution in [-0.4, -0.2) is 57.7 Å². The SMILES string of the molecule is CC(C)CCOc1ccc(-c2nn(-c3ccccc3)cc2/C=C2\SC(N3C[C@@H](C)O[C@@H](C)C3)=NC2=O)cc1. The summed E-state index contributed by atoms with van der Waals surface area (Å²) < 4.78 is 13.6. The van der Waals surface area contributed by atoms with E-state index in [1.165, 1.54) is 11.8 Å². The molecule has 1 amide bonds. The van der Waals surface area contributed by atoms with Crippen molar-refractivity contribution in [2.24, 2.45) is 10.9 Å². The summed E-state index contributed by atoms with van der Waals surface area (Å²) in [5.41, 5.74) is 3.56. The summed E-state index contributed by atoms with van der Waals surface area (Å²) in [6.07, 6.45) is 5.08. The number of aromatic nitrogens is 2. The van der Waals surface area contributed by atoms with Gasteiger partial charge in [-0.3, -0.25) is 4.79 Å². The van der Waals surface area contributed by atoms with Crippen LogP contribution in [0.3, 0.4) is 0 Å². The molecule has 1 fully saturated rings. The first-order valence-electron chi connectivity index (χ1n) is 13.2. The first-order valence-corrected chi connectivity index (χ1v) is 14.0. The second kappa shape index (κ2) is 11.6. The minimum atomic E-state index is -0.218. The fraction of sp³-hybridized carbons (Fsp3) is 0.367. The molecule has 7 nitrogen and oxygen atoms in total. The molecule has 1 saturated heterocycles. The van der Waals surface area contributed by atoms with Crippen LogP contribution in [0.5, 0.6) is 5.75 Å². The molecule has 2 aliphatic heterocycles. The summed E-state index contributed by atoms with van der Waals surface area (Å²) in [4.78, 5) is 20.1. The van der Waals surface area contributed by atoms with Crippen molar-refractivity contribution >= 4 is 28.9 Å². The molecule has 38 heavy (non-hydrogen) atoms. The molecular formula is C30H34N4O3S. The van der Waals surface area contributed by atoms with Gasteiger partial charge in [0.05, 0.1) is 35.1 Å². The van der Waals surface area contributed by atoms with Crippen LogP contribution in [0.25, 0.3) is 23.0 Å². The lowest BCUT2D eigenvalue weighted by Crippen LogP contribution is -2.47. The number of carbonyl (C=O) groups excluding carboxylic acids is 1. The molecule has 0 radical (unpaired) electrons. The Morgan fingerprint density at radius 3 is 2.47 bits per heavy atom. The van der Waals surface area contributed by atoms with Crippen molar-refractivity contribution in [3.8, 4) is 22.7 Å². The van der Waals surface area contributed by atoms with Crippen molar-refractivity contribution in [2.45, 2.75) is 46.3 Å². The maximum Gasteiger partial charge on any atom is 0.286 e. The third kappa shape index (κ3) is 6.19. The number of hydrogen-bond donors (Lipinski definition) is 0. The van der Waals surface area contributed by atoms with Gasteiger partial charge in [0.1, 0.15) is 5.75 Å². The number of morpholine rings is 1. The predicted octanol–water partition coefficient (Wildman–Crippen LogP) is 6.04. The Balaban J connectivity index is 1.42. The summed E-state index contributed by atoms with van der Waals surface area (Å²) in [6.45, 7) is 10.6. The normalized spacial score (nSPS) is 20.9. The molecule has 1 aromatic heterocycles. The molecule has 0 aliphatic carbocycles. The van der Waals surface area contributed by atoms with Gasteiger partial charge in [0.2, 0.25) is 0 Å². The lowest BCUT2D eigenvalue weighted by atomic mass is 10.1. The molecule has 0 spiro atoms. The third-order valence-electron chi connectivity index (χ3n) is 6.44. The zero-order valence-corrected chi connectivity index (χ0v) is 23.1. The minimum absolute atomic E-state index is 0.0956. The van der Waals surface area contributed by atoms with Crippen molar-refractivity contribution in [1.82, 2.24) is 14.7 Å². The smallest absolute Gasteiger partial charge is 0.286 e. The van der Waals surface area contributed by atoms with E-state index >= 15 is 0 Å². The van der Waals surface area contributed by atoms with Gasteiger partial charge in [-0.1, -0.05) is 32.0 Å². The van der Waals surface area contributed by atoms with E-state index in [1.807, 2.05) is 85.4 Å². The van der Waals surface area contributed by atoms with E-state index in [-0.39, 0.29) is 18.1 Å². The molecule has 2 atom stereocenters. The van der Waals surface area contributed by atoms with Crippen LogP contribution in [-0.2, 0) is 9.53 Å². The Bertz CT molecular complexity index is 1320. The first-order chi connectivity index (χ1) is 18.4. The summed E-state index contributed by atoms with van der Waals surface area (Å²) >= 11 is 1.42. The fourth-order valence-corrected chi connectivity index (χ4v) is 5.48. The van der Waals surface area contributed by atoms with E-state index in [0.29, 0.717) is 17.4 Å². The molecule has 8 heteroatoms. The topological polar surface area (TPSA) is 68.9 Å². The molecule has 3 heterocycles. The van der Waals surface area contributed by atoms with Crippen LogP contribution < -0.4 is 4.74 Å². The van der Waals surface area contributed by atoms with Crippen molar-refractivity contribution in [1.29, 1.82) is 0 Å². The molecule has 0 bridgehead atoms. The van der Waals surface area contributed by atoms with E-state index in [9.17, 15) is 4.79 Å². The summed E-state index contributed by atoms with van der Waals surface area (Å²) in [5.74, 6) is 1.22. The molecule has 3 aromatic rings. The monoisotopic (exact) mass is 530 g/mol. The number of rotatable bonds is 7. The van der Waals surface area contributed by atoms with Crippen molar-refractivity contribution in [2.75, 3.05) is 19.7 Å². The van der Waals surface area contributed by atoms with E-state index in [0.717, 1.165) is 52.9 Å². The van der Waals surface area contributed by atoms with Gasteiger partial charge in [-0.25, -0.2) is 4.68 Å². The van der Waals surface area contributed by atoms with Gasteiger partial charge in [-0.15, -0.1) is 0 Å². The van der Waals surface area contributed by atoms with E-state index in [1.54, 1.807) is 0 Å². The zero-order chi connectivity index (χ0) is 26.6. The molecule has 2 aliphatic rings. The molecule has 198 valence electrons. The Morgan fingerprint density at radius 1 is 1.08 bits per heavy atom. The predicted molar refractivity (Wildman–Crippen MR) is 154 cm³/mol. The van der Waals surface area contributed by atoms with Gasteiger partial charge < -0.3 is 14.4 Å². The number of ether oxygens (including phenoxy) is 2. The maximum absolute atomic E-state index is 12.9. The largest absolute Gasteiger partial charge is 0.494 e. The van der Waals surface area contributed by atoms with Gasteiger partial charge in [-0.2, -0.15) is 10.1 Å². The number of amides is 1. The highest BCUT2D eigenvalue weighted by Crippen LogP contribution is 2.34. The number of benzene rings is 2. The second-order valence-corrected chi connectivity index (χ2v) is 11.3. The minimum Gasteiger partial charge on any atom is -0.494 e. The highest BCUT2D eigenvalue weighted by atomic mass is 32.2. The fourth-order valence-electron chi connectivity index (χ4n) is 4.56. The molecule has 5 rings (SSSR count). The quantitative estimate of drug-likeness (QED) is 0.347. The van der Waals surface area contributed by atoms with E-state index in [4.69, 9.17) is 14.6 Å². The lowest BCUT2D eigenvalue weighted by Gasteiger charge is -2.35. The Morgan fingerprint density at radius 2 is 1.79 bits per heavy atom. The van der Waals surface area contributed by atoms with Crippen LogP contribution in [0.15, 0.2) is 70.7 Å². The molecule has 0 saturated carbocycles. The Labute approximate surface area is 228 Å². The number of nitrogens with zero attached hydrogens (tertiary/aromatic N) is 4. The number of hydrogen-bond acceptors (Lipinski definition) is 6. The average Bonchev–Trinajstić information content (AvgIpc) is 3.48. The first kappa shape index (κ1) is 26.3. The van der Waals surface area contributed by atoms with Gasteiger partial charge in [0.15, 0.2) is 5.17 Å². The number of aliphatic imine (C=N–C) groups is 1. The molecule has 0 unspecified atom stereocenters. The van der Waals surface area contributed by atoms with E-state index in [2.05, 4.69) is 23.7 Å². The maximum atomic E-state index is 12.9. The zero-order valence-electron chi connectivity index (χ0n) is 22.3. The standard InChI is InChI=1S/C30H34N4O3S/c1-20(2)14-15-36-26-12-10-23(11-13-26)28-24(19-34(32-28)25-8-6-5-7-9-25)16-27-29(35)31-30(38-27)33-17-21(3)37-22(4)18-33/h5-13,16,19-22H,14-15,17-18H2,1-4H3/b27-16-/t21-,22+. The van der Waals surface area contributed by atoms with Gasteiger partial charge in [0, 0.05) is 30.4 Å². The molecular weight excluding hydrogens is 496 g/mol. The Hall–Kier alpha value is -3.36. The number of carbonyl (C=O) groups is 1. The average molecular weight is 531 g/mol. The van der Waals surface area contributed by atoms with Gasteiger partial charge in [0.25, 0.3) is 5.91 Å². The van der Waals surface area contributed by atoms with Gasteiger partial charge >= 0.3 is 0 Å². The number of para-hydroxylation sites is 1. The summed E-state index contributed by atoms with van der Waals surface area (Å²) in [5, 5.41) is 5.65. The lowest BCUT2D eigenvalue weighted by molar-refractivity contribution is -0.113. The molecule has 0 N–H and O–H groups in total. The van der Waals surface area contributed by atoms with Crippen molar-refractivity contribution in [3.05, 3.63) is 71.3 Å². The van der Waals surface area contributed by atoms with Gasteiger partial charge in [-0.05, 0) is 80.4 Å². The second-order valence-electron chi connectivity index (χ2n) is 10.2. The van der Waals surface area contributed by atoms with Crippen LogP contribution in [0.4, 0.5) is 0 Å². The Kier molecular flexibility index (Phi) is 8.00. The summed E-state index contributed by atoms with van der Waals surface area (Å²) in [6, 6.07) is 18.0. The number of thioether (sulfide) groups is 1. The summed E-state index contributed by atoms with van der Waals surface area (Å²) in [7, 11) is 0. The van der Waals surface area contributed by atoms with Crippen LogP contribution in [0, 0.1) is 5.92 Å². The highest BCUT2D eigenvalue weighted by molar-refractivity contribution is 8.18. The third-order valence-corrected chi connectivity index (χ3v) is 7.49. The van der Waals surface area contributed by atoms with Crippen LogP contribution in [0.2, 0.25) is 0 Å². The van der Waals surface area contributed by atoms with Crippen LogP contribution in [0.1, 0.15) is 39.7 Å². The van der Waals surface area contributed by atoms with Crippen molar-refractivity contribution < 1.29 is 14.3 Å². The van der Waals surface area contributed by atoms with E-state index < -0.39 is 0 Å². The van der Waals surface area contributed by atoms with Crippen LogP contribution >= 0.6 is 11.8 Å². The van der Waals surface area contributed by atoms with Crippen molar-refractivity contribution in [3.63, 3.8) is 0 Å². The number of amidine groups is 1. The highest BCUT2D eigenvalue weighted by Gasteiger charge is 2.31.